The predicted molar refractivity (Wildman–Crippen MR) is 98.4 cm³/mol. The number of hydrogen-bond donors (Lipinski definition) is 3. The second-order valence-electron chi connectivity index (χ2n) is 6.18. The zero-order chi connectivity index (χ0) is 19.3. The molecule has 3 heterocycles. The fourth-order valence-electron chi connectivity index (χ4n) is 3.19. The maximum absolute atomic E-state index is 12.0. The summed E-state index contributed by atoms with van der Waals surface area (Å²) >= 11 is 0. The van der Waals surface area contributed by atoms with Gasteiger partial charge in [-0.05, 0) is 25.5 Å². The van der Waals surface area contributed by atoms with Gasteiger partial charge in [-0.25, -0.2) is 9.97 Å². The Kier molecular flexibility index (Phi) is 3.58. The van der Waals surface area contributed by atoms with E-state index in [1.54, 1.807) is 23.6 Å². The van der Waals surface area contributed by atoms with E-state index >= 15 is 0 Å². The molecule has 3 aromatic heterocycles. The van der Waals surface area contributed by atoms with E-state index < -0.39 is 5.91 Å². The number of carbonyl (C=O) groups is 1. The number of primary amides is 1. The largest absolute Gasteiger partial charge is 0.508 e. The molecule has 0 radical (unpaired) electrons. The SMILES string of the molecule is Cc1ccc(O)c(C)c1-n1c(N)c(C(N)=O)c2cnc(-c3cnoc3)nc21. The van der Waals surface area contributed by atoms with Crippen molar-refractivity contribution in [3.05, 3.63) is 47.5 Å². The number of hydrogen-bond acceptors (Lipinski definition) is 7. The van der Waals surface area contributed by atoms with Crippen LogP contribution in [0.5, 0.6) is 5.75 Å². The summed E-state index contributed by atoms with van der Waals surface area (Å²) in [4.78, 5) is 20.8. The molecule has 5 N–H and O–H groups in total. The third-order valence-electron chi connectivity index (χ3n) is 4.51. The standard InChI is InChI=1S/C18H16N6O3/c1-8-3-4-12(25)9(2)14(8)24-15(19)13(16(20)26)11-6-21-17(23-18(11)24)10-5-22-27-7-10/h3-7,25H,19H2,1-2H3,(H2,20,26). The Bertz CT molecular complexity index is 1190. The summed E-state index contributed by atoms with van der Waals surface area (Å²) < 4.78 is 6.46. The predicted octanol–water partition coefficient (Wildman–Crippen LogP) is 2.08. The van der Waals surface area contributed by atoms with E-state index in [9.17, 15) is 9.90 Å². The molecule has 4 aromatic rings. The summed E-state index contributed by atoms with van der Waals surface area (Å²) in [6.07, 6.45) is 4.39. The Labute approximate surface area is 153 Å². The van der Waals surface area contributed by atoms with Crippen LogP contribution < -0.4 is 11.5 Å². The van der Waals surface area contributed by atoms with Crippen LogP contribution in [0.1, 0.15) is 21.5 Å². The second kappa shape index (κ2) is 5.84. The molecule has 0 unspecified atom stereocenters. The molecule has 0 aliphatic rings. The molecule has 27 heavy (non-hydrogen) atoms. The molecule has 0 fully saturated rings. The normalized spacial score (nSPS) is 11.2. The van der Waals surface area contributed by atoms with Gasteiger partial charge in [0.15, 0.2) is 11.5 Å². The number of aryl methyl sites for hydroxylation is 1. The van der Waals surface area contributed by atoms with E-state index in [-0.39, 0.29) is 17.1 Å². The maximum atomic E-state index is 12.0. The summed E-state index contributed by atoms with van der Waals surface area (Å²) in [5, 5.41) is 14.2. The van der Waals surface area contributed by atoms with Gasteiger partial charge in [0.05, 0.1) is 28.4 Å². The summed E-state index contributed by atoms with van der Waals surface area (Å²) in [6, 6.07) is 3.36. The van der Waals surface area contributed by atoms with Crippen LogP contribution >= 0.6 is 0 Å². The van der Waals surface area contributed by atoms with Gasteiger partial charge in [0.25, 0.3) is 5.91 Å². The molecule has 4 rings (SSSR count). The Morgan fingerprint density at radius 2 is 2.04 bits per heavy atom. The lowest BCUT2D eigenvalue weighted by Gasteiger charge is -2.15. The Morgan fingerprint density at radius 1 is 1.26 bits per heavy atom. The van der Waals surface area contributed by atoms with Crippen molar-refractivity contribution < 1.29 is 14.4 Å². The second-order valence-corrected chi connectivity index (χ2v) is 6.18. The van der Waals surface area contributed by atoms with Crippen molar-refractivity contribution in [2.75, 3.05) is 5.73 Å². The lowest BCUT2D eigenvalue weighted by molar-refractivity contribution is 0.100. The summed E-state index contributed by atoms with van der Waals surface area (Å²) in [5.74, 6) is -0.0983. The Hall–Kier alpha value is -3.88. The fraction of sp³-hybridized carbons (Fsp3) is 0.111. The number of anilines is 1. The van der Waals surface area contributed by atoms with Gasteiger partial charge in [0.2, 0.25) is 0 Å². The summed E-state index contributed by atoms with van der Waals surface area (Å²) in [6.45, 7) is 3.63. The number of fused-ring (bicyclic) bond motifs is 1. The molecule has 1 amide bonds. The first-order valence-electron chi connectivity index (χ1n) is 8.06. The third kappa shape index (κ3) is 2.40. The molecule has 1 aromatic carbocycles. The van der Waals surface area contributed by atoms with Gasteiger partial charge in [0, 0.05) is 11.8 Å². The van der Waals surface area contributed by atoms with Crippen LogP contribution in [0.15, 0.2) is 35.3 Å². The van der Waals surface area contributed by atoms with E-state index in [0.717, 1.165) is 5.56 Å². The smallest absolute Gasteiger partial charge is 0.253 e. The molecule has 0 spiro atoms. The topological polar surface area (TPSA) is 146 Å². The number of rotatable bonds is 3. The zero-order valence-electron chi connectivity index (χ0n) is 14.6. The lowest BCUT2D eigenvalue weighted by Crippen LogP contribution is -2.14. The molecule has 0 atom stereocenters. The molecule has 9 nitrogen and oxygen atoms in total. The average Bonchev–Trinajstić information content (AvgIpc) is 3.25. The maximum Gasteiger partial charge on any atom is 0.253 e. The van der Waals surface area contributed by atoms with Crippen molar-refractivity contribution in [1.29, 1.82) is 0 Å². The lowest BCUT2D eigenvalue weighted by atomic mass is 10.1. The minimum atomic E-state index is -0.687. The molecule has 136 valence electrons. The van der Waals surface area contributed by atoms with Crippen molar-refractivity contribution in [2.45, 2.75) is 13.8 Å². The van der Waals surface area contributed by atoms with Gasteiger partial charge >= 0.3 is 0 Å². The number of benzene rings is 1. The van der Waals surface area contributed by atoms with E-state index in [4.69, 9.17) is 16.0 Å². The van der Waals surface area contributed by atoms with E-state index in [1.807, 2.05) is 6.92 Å². The number of aromatic hydroxyl groups is 1. The number of amides is 1. The molecule has 9 heteroatoms. The van der Waals surface area contributed by atoms with Crippen LogP contribution in [0.2, 0.25) is 0 Å². The van der Waals surface area contributed by atoms with Crippen molar-refractivity contribution in [3.63, 3.8) is 0 Å². The third-order valence-corrected chi connectivity index (χ3v) is 4.51. The highest BCUT2D eigenvalue weighted by Crippen LogP contribution is 2.35. The summed E-state index contributed by atoms with van der Waals surface area (Å²) in [5.41, 5.74) is 15.0. The van der Waals surface area contributed by atoms with Crippen molar-refractivity contribution in [3.8, 4) is 22.8 Å². The highest BCUT2D eigenvalue weighted by molar-refractivity contribution is 6.11. The van der Waals surface area contributed by atoms with Gasteiger partial charge < -0.3 is 21.1 Å². The van der Waals surface area contributed by atoms with Crippen LogP contribution in [-0.4, -0.2) is 30.7 Å². The molecule has 0 saturated carbocycles. The minimum Gasteiger partial charge on any atom is -0.508 e. The van der Waals surface area contributed by atoms with Crippen LogP contribution in [0.25, 0.3) is 28.1 Å². The van der Waals surface area contributed by atoms with Crippen molar-refractivity contribution >= 4 is 22.8 Å². The van der Waals surface area contributed by atoms with E-state index in [1.165, 1.54) is 18.7 Å². The first kappa shape index (κ1) is 16.6. The molecular formula is C18H16N6O3. The number of phenols is 1. The number of phenolic OH excluding ortho intramolecular Hbond substituents is 1. The monoisotopic (exact) mass is 364 g/mol. The van der Waals surface area contributed by atoms with Crippen LogP contribution in [0, 0.1) is 13.8 Å². The van der Waals surface area contributed by atoms with Crippen molar-refractivity contribution in [2.24, 2.45) is 5.73 Å². The first-order chi connectivity index (χ1) is 12.9. The number of carbonyl (C=O) groups excluding carboxylic acids is 1. The quantitative estimate of drug-likeness (QED) is 0.504. The van der Waals surface area contributed by atoms with Gasteiger partial charge in [-0.3, -0.25) is 9.36 Å². The van der Waals surface area contributed by atoms with Gasteiger partial charge in [-0.15, -0.1) is 0 Å². The van der Waals surface area contributed by atoms with Crippen LogP contribution in [0.4, 0.5) is 5.82 Å². The number of aromatic nitrogens is 4. The fourth-order valence-corrected chi connectivity index (χ4v) is 3.19. The van der Waals surface area contributed by atoms with Crippen LogP contribution in [0.3, 0.4) is 0 Å². The summed E-state index contributed by atoms with van der Waals surface area (Å²) in [7, 11) is 0. The number of nitrogens with two attached hydrogens (primary N) is 2. The Morgan fingerprint density at radius 3 is 2.70 bits per heavy atom. The number of nitrogen functional groups attached to an aromatic ring is 1. The molecule has 0 aliphatic carbocycles. The highest BCUT2D eigenvalue weighted by atomic mass is 16.5. The van der Waals surface area contributed by atoms with Gasteiger partial charge in [-0.2, -0.15) is 0 Å². The molecule has 0 bridgehead atoms. The van der Waals surface area contributed by atoms with Gasteiger partial charge in [0.1, 0.15) is 17.8 Å². The first-order valence-corrected chi connectivity index (χ1v) is 8.06. The average molecular weight is 364 g/mol. The Balaban J connectivity index is 2.14. The van der Waals surface area contributed by atoms with Gasteiger partial charge in [-0.1, -0.05) is 11.2 Å². The van der Waals surface area contributed by atoms with E-state index in [0.29, 0.717) is 33.7 Å². The van der Waals surface area contributed by atoms with Crippen LogP contribution in [-0.2, 0) is 0 Å². The number of nitrogens with zero attached hydrogens (tertiary/aromatic N) is 4. The highest BCUT2D eigenvalue weighted by Gasteiger charge is 2.24. The molecule has 0 saturated heterocycles. The minimum absolute atomic E-state index is 0.103. The molecular weight excluding hydrogens is 348 g/mol. The van der Waals surface area contributed by atoms with Crippen molar-refractivity contribution in [1.82, 2.24) is 19.7 Å². The molecule has 0 aliphatic heterocycles. The zero-order valence-corrected chi connectivity index (χ0v) is 14.6. The van der Waals surface area contributed by atoms with E-state index in [2.05, 4.69) is 15.1 Å².